The zero-order valence-corrected chi connectivity index (χ0v) is 12.2. The van der Waals surface area contributed by atoms with E-state index in [9.17, 15) is 0 Å². The first-order valence-electron chi connectivity index (χ1n) is 7.83. The number of ether oxygens (including phenoxy) is 1. The molecule has 2 aliphatic rings. The summed E-state index contributed by atoms with van der Waals surface area (Å²) in [6.45, 7) is 2.28. The third-order valence-electron chi connectivity index (χ3n) is 4.81. The molecule has 1 aromatic carbocycles. The van der Waals surface area contributed by atoms with Crippen LogP contribution in [0.2, 0.25) is 0 Å². The Bertz CT molecular complexity index is 658. The zero-order chi connectivity index (χ0) is 14.2. The largest absolute Gasteiger partial charge is 0.374 e. The van der Waals surface area contributed by atoms with Crippen molar-refractivity contribution in [1.82, 2.24) is 4.98 Å². The second-order valence-corrected chi connectivity index (χ2v) is 5.95. The molecule has 2 N–H and O–H groups in total. The number of nitrogens with zero attached hydrogens (tertiary/aromatic N) is 2. The fourth-order valence-corrected chi connectivity index (χ4v) is 3.86. The molecular formula is C17H21N3O. The zero-order valence-electron chi connectivity index (χ0n) is 12.2. The van der Waals surface area contributed by atoms with Gasteiger partial charge in [-0.15, -0.1) is 0 Å². The van der Waals surface area contributed by atoms with E-state index in [-0.39, 0.29) is 0 Å². The number of nitrogens with two attached hydrogens (primary N) is 1. The fraction of sp³-hybridized carbons (Fsp3) is 0.471. The Morgan fingerprint density at radius 1 is 1.29 bits per heavy atom. The van der Waals surface area contributed by atoms with Crippen molar-refractivity contribution in [2.24, 2.45) is 5.73 Å². The Labute approximate surface area is 124 Å². The number of hydrogen-bond acceptors (Lipinski definition) is 4. The maximum Gasteiger partial charge on any atom is 0.0779 e. The van der Waals surface area contributed by atoms with Crippen molar-refractivity contribution in [3.8, 4) is 0 Å². The van der Waals surface area contributed by atoms with Crippen LogP contribution in [0.4, 0.5) is 5.69 Å². The molecular weight excluding hydrogens is 262 g/mol. The molecule has 4 nitrogen and oxygen atoms in total. The van der Waals surface area contributed by atoms with E-state index in [1.807, 2.05) is 12.3 Å². The Kier molecular flexibility index (Phi) is 3.28. The van der Waals surface area contributed by atoms with Crippen LogP contribution < -0.4 is 10.6 Å². The van der Waals surface area contributed by atoms with Crippen LogP contribution >= 0.6 is 0 Å². The summed E-state index contributed by atoms with van der Waals surface area (Å²) in [5, 5.41) is 1.22. The Hall–Kier alpha value is -1.65. The highest BCUT2D eigenvalue weighted by atomic mass is 16.5. The van der Waals surface area contributed by atoms with Crippen molar-refractivity contribution in [2.45, 2.75) is 38.0 Å². The summed E-state index contributed by atoms with van der Waals surface area (Å²) in [4.78, 5) is 7.09. The second-order valence-electron chi connectivity index (χ2n) is 5.95. The van der Waals surface area contributed by atoms with Crippen molar-refractivity contribution in [3.05, 3.63) is 36.0 Å². The van der Waals surface area contributed by atoms with Gasteiger partial charge in [-0.2, -0.15) is 0 Å². The maximum atomic E-state index is 5.99. The molecule has 0 spiro atoms. The second kappa shape index (κ2) is 5.28. The van der Waals surface area contributed by atoms with E-state index in [0.717, 1.165) is 24.2 Å². The van der Waals surface area contributed by atoms with E-state index >= 15 is 0 Å². The van der Waals surface area contributed by atoms with Crippen LogP contribution in [0.5, 0.6) is 0 Å². The first-order valence-corrected chi connectivity index (χ1v) is 7.83. The fourth-order valence-electron chi connectivity index (χ4n) is 3.86. The molecule has 2 heterocycles. The number of aromatic nitrogens is 1. The summed E-state index contributed by atoms with van der Waals surface area (Å²) in [6.07, 6.45) is 5.98. The molecule has 4 heteroatoms. The van der Waals surface area contributed by atoms with Gasteiger partial charge < -0.3 is 15.4 Å². The lowest BCUT2D eigenvalue weighted by Gasteiger charge is -2.40. The van der Waals surface area contributed by atoms with Crippen molar-refractivity contribution in [3.63, 3.8) is 0 Å². The van der Waals surface area contributed by atoms with E-state index in [4.69, 9.17) is 10.5 Å². The van der Waals surface area contributed by atoms with Crippen LogP contribution in [-0.4, -0.2) is 30.3 Å². The molecule has 1 saturated heterocycles. The number of para-hydroxylation sites is 1. The van der Waals surface area contributed by atoms with Gasteiger partial charge in [0.1, 0.15) is 0 Å². The third-order valence-corrected chi connectivity index (χ3v) is 4.81. The van der Waals surface area contributed by atoms with Crippen molar-refractivity contribution < 1.29 is 4.74 Å². The molecule has 1 aliphatic heterocycles. The molecule has 2 aromatic rings. The number of rotatable bonds is 2. The lowest BCUT2D eigenvalue weighted by Crippen LogP contribution is -2.49. The highest BCUT2D eigenvalue weighted by Gasteiger charge is 2.37. The first kappa shape index (κ1) is 13.0. The van der Waals surface area contributed by atoms with Gasteiger partial charge in [0.2, 0.25) is 0 Å². The van der Waals surface area contributed by atoms with Gasteiger partial charge in [-0.25, -0.2) is 0 Å². The monoisotopic (exact) mass is 283 g/mol. The summed E-state index contributed by atoms with van der Waals surface area (Å²) in [5.41, 5.74) is 9.46. The maximum absolute atomic E-state index is 5.99. The molecule has 0 bridgehead atoms. The van der Waals surface area contributed by atoms with E-state index in [2.05, 4.69) is 28.1 Å². The molecule has 110 valence electrons. The predicted octanol–water partition coefficient (Wildman–Crippen LogP) is 2.45. The Morgan fingerprint density at radius 2 is 2.19 bits per heavy atom. The number of pyridine rings is 1. The predicted molar refractivity (Wildman–Crippen MR) is 84.4 cm³/mol. The first-order chi connectivity index (χ1) is 10.4. The van der Waals surface area contributed by atoms with E-state index in [1.165, 1.54) is 30.3 Å². The molecule has 2 unspecified atom stereocenters. The number of hydrogen-bond donors (Lipinski definition) is 1. The van der Waals surface area contributed by atoms with Crippen LogP contribution in [0.15, 0.2) is 30.5 Å². The minimum absolute atomic E-state index is 0.385. The summed E-state index contributed by atoms with van der Waals surface area (Å²) in [7, 11) is 0. The van der Waals surface area contributed by atoms with Gasteiger partial charge in [0.05, 0.1) is 30.0 Å². The standard InChI is InChI=1S/C17H21N3O/c18-10-12-11-19-14-5-2-1-4-13(14)17(12)20-8-9-21-16-7-3-6-15(16)20/h1-2,4-5,11,15-16H,3,6-10,18H2. The molecule has 1 aromatic heterocycles. The van der Waals surface area contributed by atoms with Crippen molar-refractivity contribution in [1.29, 1.82) is 0 Å². The summed E-state index contributed by atoms with van der Waals surface area (Å²) >= 11 is 0. The Morgan fingerprint density at radius 3 is 3.10 bits per heavy atom. The topological polar surface area (TPSA) is 51.4 Å². The van der Waals surface area contributed by atoms with Gasteiger partial charge in [-0.1, -0.05) is 18.2 Å². The molecule has 0 radical (unpaired) electrons. The molecule has 2 fully saturated rings. The number of fused-ring (bicyclic) bond motifs is 2. The van der Waals surface area contributed by atoms with E-state index < -0.39 is 0 Å². The lowest BCUT2D eigenvalue weighted by molar-refractivity contribution is 0.0257. The third kappa shape index (κ3) is 2.10. The molecule has 21 heavy (non-hydrogen) atoms. The average Bonchev–Trinajstić information content (AvgIpc) is 3.02. The van der Waals surface area contributed by atoms with Gasteiger partial charge >= 0.3 is 0 Å². The number of benzene rings is 1. The van der Waals surface area contributed by atoms with Gasteiger partial charge in [0.15, 0.2) is 0 Å². The summed E-state index contributed by atoms with van der Waals surface area (Å²) < 4.78 is 5.95. The highest BCUT2D eigenvalue weighted by molar-refractivity contribution is 5.93. The minimum atomic E-state index is 0.385. The minimum Gasteiger partial charge on any atom is -0.374 e. The SMILES string of the molecule is NCc1cnc2ccccc2c1N1CCOC2CCCC21. The van der Waals surface area contributed by atoms with Crippen LogP contribution in [0.25, 0.3) is 10.9 Å². The normalized spacial score (nSPS) is 25.3. The van der Waals surface area contributed by atoms with Crippen LogP contribution in [0.1, 0.15) is 24.8 Å². The average molecular weight is 283 g/mol. The molecule has 0 amide bonds. The Balaban J connectivity index is 1.87. The molecule has 1 saturated carbocycles. The van der Waals surface area contributed by atoms with Crippen LogP contribution in [0.3, 0.4) is 0 Å². The number of anilines is 1. The van der Waals surface area contributed by atoms with Crippen molar-refractivity contribution >= 4 is 16.6 Å². The summed E-state index contributed by atoms with van der Waals surface area (Å²) in [6, 6.07) is 8.86. The summed E-state index contributed by atoms with van der Waals surface area (Å²) in [5.74, 6) is 0. The van der Waals surface area contributed by atoms with Gasteiger partial charge in [0, 0.05) is 30.2 Å². The van der Waals surface area contributed by atoms with E-state index in [1.54, 1.807) is 0 Å². The smallest absolute Gasteiger partial charge is 0.0779 e. The van der Waals surface area contributed by atoms with Crippen LogP contribution in [-0.2, 0) is 11.3 Å². The molecule has 2 atom stereocenters. The molecule has 4 rings (SSSR count). The highest BCUT2D eigenvalue weighted by Crippen LogP contribution is 2.37. The van der Waals surface area contributed by atoms with Gasteiger partial charge in [-0.05, 0) is 25.3 Å². The quantitative estimate of drug-likeness (QED) is 0.920. The van der Waals surface area contributed by atoms with Gasteiger partial charge in [0.25, 0.3) is 0 Å². The number of morpholine rings is 1. The molecule has 1 aliphatic carbocycles. The van der Waals surface area contributed by atoms with Crippen molar-refractivity contribution in [2.75, 3.05) is 18.1 Å². The van der Waals surface area contributed by atoms with E-state index in [0.29, 0.717) is 18.7 Å². The van der Waals surface area contributed by atoms with Crippen LogP contribution in [0, 0.1) is 0 Å². The lowest BCUT2D eigenvalue weighted by atomic mass is 10.0. The van der Waals surface area contributed by atoms with Gasteiger partial charge in [-0.3, -0.25) is 4.98 Å².